The van der Waals surface area contributed by atoms with Crippen LogP contribution in [0.15, 0.2) is 102 Å². The third-order valence-electron chi connectivity index (χ3n) is 6.01. The molecule has 2 atom stereocenters. The van der Waals surface area contributed by atoms with E-state index >= 15 is 0 Å². The van der Waals surface area contributed by atoms with Crippen LogP contribution in [0.2, 0.25) is 0 Å². The van der Waals surface area contributed by atoms with Gasteiger partial charge in [-0.25, -0.2) is 5.01 Å². The molecule has 0 N–H and O–H groups in total. The molecule has 3 aromatic rings. The van der Waals surface area contributed by atoms with Gasteiger partial charge in [0, 0.05) is 11.5 Å². The molecule has 0 radical (unpaired) electrons. The number of carbonyl (C=O) groups is 1. The summed E-state index contributed by atoms with van der Waals surface area (Å²) in [4.78, 5) is 13.4. The Labute approximate surface area is 177 Å². The van der Waals surface area contributed by atoms with Crippen molar-refractivity contribution >= 4 is 17.7 Å². The molecule has 148 valence electrons. The lowest BCUT2D eigenvalue weighted by molar-refractivity contribution is 0.0681. The zero-order valence-electron chi connectivity index (χ0n) is 16.8. The average Bonchev–Trinajstić information content (AvgIpc) is 3.21. The van der Waals surface area contributed by atoms with E-state index in [0.29, 0.717) is 5.56 Å². The molecule has 30 heavy (non-hydrogen) atoms. The maximum absolute atomic E-state index is 13.4. The van der Waals surface area contributed by atoms with E-state index in [4.69, 9.17) is 5.10 Å². The van der Waals surface area contributed by atoms with Crippen LogP contribution >= 0.6 is 0 Å². The van der Waals surface area contributed by atoms with Crippen molar-refractivity contribution in [3.05, 3.63) is 113 Å². The van der Waals surface area contributed by atoms with Crippen LogP contribution in [0.25, 0.3) is 6.08 Å². The van der Waals surface area contributed by atoms with Crippen molar-refractivity contribution in [2.45, 2.75) is 25.3 Å². The predicted molar refractivity (Wildman–Crippen MR) is 121 cm³/mol. The summed E-state index contributed by atoms with van der Waals surface area (Å²) in [6.07, 6.45) is 5.39. The van der Waals surface area contributed by atoms with Gasteiger partial charge in [-0.05, 0) is 54.2 Å². The van der Waals surface area contributed by atoms with Gasteiger partial charge in [0.1, 0.15) is 0 Å². The molecule has 3 aromatic carbocycles. The quantitative estimate of drug-likeness (QED) is 0.528. The molecular weight excluding hydrogens is 368 g/mol. The number of amides is 1. The number of nitrogens with zero attached hydrogens (tertiary/aromatic N) is 2. The van der Waals surface area contributed by atoms with Gasteiger partial charge in [0.05, 0.1) is 11.8 Å². The Kier molecular flexibility index (Phi) is 5.02. The van der Waals surface area contributed by atoms with Gasteiger partial charge in [0.15, 0.2) is 0 Å². The van der Waals surface area contributed by atoms with E-state index in [0.717, 1.165) is 30.5 Å². The number of benzene rings is 3. The van der Waals surface area contributed by atoms with Crippen LogP contribution < -0.4 is 0 Å². The van der Waals surface area contributed by atoms with E-state index in [9.17, 15) is 4.79 Å². The smallest absolute Gasteiger partial charge is 0.267 e. The molecule has 5 rings (SSSR count). The zero-order valence-corrected chi connectivity index (χ0v) is 16.8. The first-order valence-electron chi connectivity index (χ1n) is 10.6. The van der Waals surface area contributed by atoms with Crippen LogP contribution in [-0.4, -0.2) is 16.6 Å². The Morgan fingerprint density at radius 3 is 2.20 bits per heavy atom. The summed E-state index contributed by atoms with van der Waals surface area (Å²) in [7, 11) is 0. The zero-order chi connectivity index (χ0) is 20.3. The average molecular weight is 393 g/mol. The third kappa shape index (κ3) is 3.48. The molecule has 1 saturated carbocycles. The number of hydrogen-bond acceptors (Lipinski definition) is 2. The van der Waals surface area contributed by atoms with Gasteiger partial charge >= 0.3 is 0 Å². The first-order chi connectivity index (χ1) is 14.8. The summed E-state index contributed by atoms with van der Waals surface area (Å²) < 4.78 is 0. The number of hydrogen-bond donors (Lipinski definition) is 0. The van der Waals surface area contributed by atoms with Gasteiger partial charge < -0.3 is 0 Å². The number of rotatable bonds is 3. The Balaban J connectivity index is 1.58. The van der Waals surface area contributed by atoms with Crippen LogP contribution in [-0.2, 0) is 0 Å². The third-order valence-corrected chi connectivity index (χ3v) is 6.01. The van der Waals surface area contributed by atoms with E-state index in [2.05, 4.69) is 42.5 Å². The molecule has 1 aliphatic heterocycles. The topological polar surface area (TPSA) is 32.7 Å². The lowest BCUT2D eigenvalue weighted by Crippen LogP contribution is -2.31. The summed E-state index contributed by atoms with van der Waals surface area (Å²) in [5.74, 6) is 0.189. The standard InChI is InChI=1S/C27H24N2O/c30-27(22-15-8-3-9-16-22)29-26(21-13-6-2-7-14-21)24-18-10-17-23(25(24)28-29)19-20-11-4-1-5-12-20/h1-9,11-16,19,24,26H,10,17-18H2/b23-19+/t24-,26+/m0/s1. The van der Waals surface area contributed by atoms with Crippen LogP contribution in [0.4, 0.5) is 0 Å². The van der Waals surface area contributed by atoms with Crippen molar-refractivity contribution in [3.63, 3.8) is 0 Å². The fourth-order valence-corrected chi connectivity index (χ4v) is 4.61. The largest absolute Gasteiger partial charge is 0.274 e. The van der Waals surface area contributed by atoms with Crippen molar-refractivity contribution < 1.29 is 4.79 Å². The molecule has 2 aliphatic rings. The van der Waals surface area contributed by atoms with Gasteiger partial charge in [-0.1, -0.05) is 78.9 Å². The van der Waals surface area contributed by atoms with Gasteiger partial charge in [0.2, 0.25) is 0 Å². The molecule has 0 unspecified atom stereocenters. The minimum atomic E-state index is -0.0617. The summed E-state index contributed by atoms with van der Waals surface area (Å²) in [6, 6.07) is 30.1. The number of hydrazone groups is 1. The van der Waals surface area contributed by atoms with Crippen LogP contribution in [0, 0.1) is 5.92 Å². The molecule has 0 aromatic heterocycles. The van der Waals surface area contributed by atoms with E-state index in [1.807, 2.05) is 54.6 Å². The van der Waals surface area contributed by atoms with Gasteiger partial charge in [0.25, 0.3) is 5.91 Å². The van der Waals surface area contributed by atoms with Gasteiger partial charge in [-0.2, -0.15) is 5.10 Å². The SMILES string of the molecule is O=C(c1ccccc1)N1N=C2/C(=C/c3ccccc3)CCC[C@@H]2[C@H]1c1ccccc1. The van der Waals surface area contributed by atoms with Crippen molar-refractivity contribution in [3.8, 4) is 0 Å². The minimum absolute atomic E-state index is 0.0367. The second-order valence-corrected chi connectivity index (χ2v) is 7.94. The maximum atomic E-state index is 13.4. The van der Waals surface area contributed by atoms with Gasteiger partial charge in [-0.3, -0.25) is 4.79 Å². The van der Waals surface area contributed by atoms with Crippen LogP contribution in [0.5, 0.6) is 0 Å². The fraction of sp³-hybridized carbons (Fsp3) is 0.185. The van der Waals surface area contributed by atoms with Crippen molar-refractivity contribution in [1.29, 1.82) is 0 Å². The van der Waals surface area contributed by atoms with Crippen LogP contribution in [0.1, 0.15) is 46.8 Å². The first-order valence-corrected chi connectivity index (χ1v) is 10.6. The second-order valence-electron chi connectivity index (χ2n) is 7.94. The Hall–Kier alpha value is -3.46. The molecule has 0 bridgehead atoms. The summed E-state index contributed by atoms with van der Waals surface area (Å²) in [5, 5.41) is 6.68. The lowest BCUT2D eigenvalue weighted by Gasteiger charge is -2.29. The molecule has 0 saturated heterocycles. The van der Waals surface area contributed by atoms with E-state index in [1.54, 1.807) is 5.01 Å². The highest BCUT2D eigenvalue weighted by atomic mass is 16.2. The lowest BCUT2D eigenvalue weighted by atomic mass is 9.77. The minimum Gasteiger partial charge on any atom is -0.267 e. The molecule has 1 aliphatic carbocycles. The highest BCUT2D eigenvalue weighted by molar-refractivity contribution is 6.09. The molecule has 3 nitrogen and oxygen atoms in total. The number of fused-ring (bicyclic) bond motifs is 1. The Bertz CT molecular complexity index is 1090. The molecule has 0 spiro atoms. The highest BCUT2D eigenvalue weighted by Gasteiger charge is 2.43. The second kappa shape index (κ2) is 8.11. The van der Waals surface area contributed by atoms with Crippen molar-refractivity contribution in [2.75, 3.05) is 0 Å². The Morgan fingerprint density at radius 1 is 0.867 bits per heavy atom. The summed E-state index contributed by atoms with van der Waals surface area (Å²) >= 11 is 0. The number of carbonyl (C=O) groups excluding carboxylic acids is 1. The van der Waals surface area contributed by atoms with Crippen LogP contribution in [0.3, 0.4) is 0 Å². The molecule has 1 heterocycles. The fourth-order valence-electron chi connectivity index (χ4n) is 4.61. The normalized spacial score (nSPS) is 21.9. The monoisotopic (exact) mass is 392 g/mol. The molecule has 3 heteroatoms. The van der Waals surface area contributed by atoms with Crippen molar-refractivity contribution in [1.82, 2.24) is 5.01 Å². The predicted octanol–water partition coefficient (Wildman–Crippen LogP) is 6.12. The maximum Gasteiger partial charge on any atom is 0.274 e. The molecular formula is C27H24N2O. The van der Waals surface area contributed by atoms with Gasteiger partial charge in [-0.15, -0.1) is 0 Å². The molecule has 1 amide bonds. The highest BCUT2D eigenvalue weighted by Crippen LogP contribution is 2.44. The van der Waals surface area contributed by atoms with E-state index in [-0.39, 0.29) is 17.9 Å². The Morgan fingerprint density at radius 2 is 1.50 bits per heavy atom. The number of allylic oxidation sites excluding steroid dienone is 1. The molecule has 1 fully saturated rings. The van der Waals surface area contributed by atoms with E-state index in [1.165, 1.54) is 11.1 Å². The summed E-state index contributed by atoms with van der Waals surface area (Å²) in [6.45, 7) is 0. The summed E-state index contributed by atoms with van der Waals surface area (Å²) in [5.41, 5.74) is 5.33. The first kappa shape index (κ1) is 18.6. The van der Waals surface area contributed by atoms with E-state index < -0.39 is 0 Å². The van der Waals surface area contributed by atoms with Crippen molar-refractivity contribution in [2.24, 2.45) is 11.0 Å².